The lowest BCUT2D eigenvalue weighted by Crippen LogP contribution is -2.01. The van der Waals surface area contributed by atoms with Crippen LogP contribution in [0.3, 0.4) is 0 Å². The standard InChI is InChI=1S/C11H12N2O3S2/c14-13(15)9-1-3-10(4-2-9)16-6-8-18-11-12-5-7-17-11/h1-4H,5-8H2. The molecule has 0 atom stereocenters. The Morgan fingerprint density at radius 3 is 2.83 bits per heavy atom. The summed E-state index contributed by atoms with van der Waals surface area (Å²) in [6.45, 7) is 1.48. The molecular weight excluding hydrogens is 272 g/mol. The van der Waals surface area contributed by atoms with Crippen LogP contribution in [-0.4, -0.2) is 34.0 Å². The predicted octanol–water partition coefficient (Wildman–Crippen LogP) is 2.81. The average molecular weight is 284 g/mol. The maximum atomic E-state index is 10.5. The van der Waals surface area contributed by atoms with Crippen molar-refractivity contribution in [1.82, 2.24) is 0 Å². The van der Waals surface area contributed by atoms with Gasteiger partial charge < -0.3 is 4.74 Å². The molecular formula is C11H12N2O3S2. The van der Waals surface area contributed by atoms with Crippen molar-refractivity contribution in [3.05, 3.63) is 34.4 Å². The molecule has 1 aromatic carbocycles. The first kappa shape index (κ1) is 13.2. The van der Waals surface area contributed by atoms with Crippen LogP contribution >= 0.6 is 23.5 Å². The smallest absolute Gasteiger partial charge is 0.269 e. The normalized spacial score (nSPS) is 14.3. The summed E-state index contributed by atoms with van der Waals surface area (Å²) in [4.78, 5) is 14.4. The molecule has 0 unspecified atom stereocenters. The second-order valence-corrected chi connectivity index (χ2v) is 5.87. The van der Waals surface area contributed by atoms with Crippen molar-refractivity contribution in [2.45, 2.75) is 0 Å². The third-order valence-electron chi connectivity index (χ3n) is 2.18. The summed E-state index contributed by atoms with van der Waals surface area (Å²) in [6.07, 6.45) is 0. The second kappa shape index (κ2) is 6.65. The molecule has 0 spiro atoms. The minimum absolute atomic E-state index is 0.0773. The zero-order valence-corrected chi connectivity index (χ0v) is 11.2. The maximum Gasteiger partial charge on any atom is 0.269 e. The molecule has 0 aliphatic carbocycles. The summed E-state index contributed by atoms with van der Waals surface area (Å²) in [5.41, 5.74) is 0.0773. The number of rotatable bonds is 5. The summed E-state index contributed by atoms with van der Waals surface area (Å²) in [5.74, 6) is 2.57. The molecule has 0 aromatic heterocycles. The van der Waals surface area contributed by atoms with Crippen molar-refractivity contribution >= 4 is 33.6 Å². The van der Waals surface area contributed by atoms with E-state index in [9.17, 15) is 10.1 Å². The minimum Gasteiger partial charge on any atom is -0.493 e. The van der Waals surface area contributed by atoms with Gasteiger partial charge in [-0.15, -0.1) is 0 Å². The minimum atomic E-state index is -0.422. The van der Waals surface area contributed by atoms with Crippen molar-refractivity contribution in [1.29, 1.82) is 0 Å². The van der Waals surface area contributed by atoms with Crippen LogP contribution in [-0.2, 0) is 0 Å². The van der Waals surface area contributed by atoms with Gasteiger partial charge in [-0.25, -0.2) is 0 Å². The van der Waals surface area contributed by atoms with Crippen LogP contribution in [0.2, 0.25) is 0 Å². The molecule has 5 nitrogen and oxygen atoms in total. The van der Waals surface area contributed by atoms with Crippen LogP contribution in [0, 0.1) is 10.1 Å². The van der Waals surface area contributed by atoms with Crippen molar-refractivity contribution in [3.8, 4) is 5.75 Å². The fourth-order valence-corrected chi connectivity index (χ4v) is 3.25. The summed E-state index contributed by atoms with van der Waals surface area (Å²) in [7, 11) is 0. The number of ether oxygens (including phenoxy) is 1. The van der Waals surface area contributed by atoms with E-state index in [4.69, 9.17) is 4.74 Å². The first-order valence-corrected chi connectivity index (χ1v) is 7.40. The Hall–Kier alpha value is -1.21. The molecule has 0 saturated carbocycles. The number of nitro benzene ring substituents is 1. The predicted molar refractivity (Wildman–Crippen MR) is 75.8 cm³/mol. The molecule has 0 bridgehead atoms. The van der Waals surface area contributed by atoms with Crippen LogP contribution in [0.25, 0.3) is 0 Å². The van der Waals surface area contributed by atoms with Gasteiger partial charge in [-0.1, -0.05) is 23.5 Å². The first-order valence-electron chi connectivity index (χ1n) is 5.43. The van der Waals surface area contributed by atoms with E-state index in [-0.39, 0.29) is 5.69 Å². The lowest BCUT2D eigenvalue weighted by molar-refractivity contribution is -0.384. The molecule has 18 heavy (non-hydrogen) atoms. The van der Waals surface area contributed by atoms with Crippen LogP contribution in [0.15, 0.2) is 29.3 Å². The highest BCUT2D eigenvalue weighted by atomic mass is 32.2. The topological polar surface area (TPSA) is 64.7 Å². The molecule has 2 rings (SSSR count). The number of thioether (sulfide) groups is 2. The fraction of sp³-hybridized carbons (Fsp3) is 0.364. The Morgan fingerprint density at radius 1 is 1.44 bits per heavy atom. The Bertz CT molecular complexity index is 448. The Morgan fingerprint density at radius 2 is 2.22 bits per heavy atom. The van der Waals surface area contributed by atoms with Crippen molar-refractivity contribution in [2.75, 3.05) is 24.7 Å². The lowest BCUT2D eigenvalue weighted by Gasteiger charge is -2.05. The Labute approximate surface area is 113 Å². The van der Waals surface area contributed by atoms with E-state index < -0.39 is 4.92 Å². The number of nitrogens with zero attached hydrogens (tertiary/aromatic N) is 2. The fourth-order valence-electron chi connectivity index (χ4n) is 1.36. The zero-order chi connectivity index (χ0) is 12.8. The van der Waals surface area contributed by atoms with Gasteiger partial charge in [0, 0.05) is 23.6 Å². The number of non-ortho nitro benzene ring substituents is 1. The van der Waals surface area contributed by atoms with Gasteiger partial charge in [0.15, 0.2) is 0 Å². The monoisotopic (exact) mass is 284 g/mol. The molecule has 1 aliphatic heterocycles. The zero-order valence-electron chi connectivity index (χ0n) is 9.57. The summed E-state index contributed by atoms with van der Waals surface area (Å²) in [5, 5.41) is 10.5. The Balaban J connectivity index is 1.71. The molecule has 1 aromatic rings. The number of aliphatic imine (C=N–C) groups is 1. The van der Waals surface area contributed by atoms with Gasteiger partial charge >= 0.3 is 0 Å². The number of hydrogen-bond acceptors (Lipinski definition) is 6. The number of benzene rings is 1. The SMILES string of the molecule is O=[N+]([O-])c1ccc(OCCSC2=NCCS2)cc1. The van der Waals surface area contributed by atoms with Gasteiger partial charge in [0.05, 0.1) is 18.1 Å². The molecule has 7 heteroatoms. The van der Waals surface area contributed by atoms with E-state index in [0.717, 1.165) is 22.4 Å². The van der Waals surface area contributed by atoms with E-state index in [1.807, 2.05) is 0 Å². The van der Waals surface area contributed by atoms with Gasteiger partial charge in [0.25, 0.3) is 5.69 Å². The highest BCUT2D eigenvalue weighted by molar-refractivity contribution is 8.39. The number of nitro groups is 1. The third kappa shape index (κ3) is 3.92. The largest absolute Gasteiger partial charge is 0.493 e. The molecule has 0 radical (unpaired) electrons. The summed E-state index contributed by atoms with van der Waals surface area (Å²) in [6, 6.07) is 6.12. The van der Waals surface area contributed by atoms with Crippen LogP contribution in [0.4, 0.5) is 5.69 Å². The van der Waals surface area contributed by atoms with Gasteiger partial charge in [0.2, 0.25) is 0 Å². The molecule has 0 saturated heterocycles. The van der Waals surface area contributed by atoms with E-state index >= 15 is 0 Å². The summed E-state index contributed by atoms with van der Waals surface area (Å²) < 4.78 is 6.62. The van der Waals surface area contributed by atoms with Gasteiger partial charge in [-0.05, 0) is 12.1 Å². The molecule has 0 N–H and O–H groups in total. The van der Waals surface area contributed by atoms with Gasteiger partial charge in [0.1, 0.15) is 10.1 Å². The molecule has 96 valence electrons. The van der Waals surface area contributed by atoms with Crippen molar-refractivity contribution < 1.29 is 9.66 Å². The molecule has 0 amide bonds. The Kier molecular flexibility index (Phi) is 4.89. The van der Waals surface area contributed by atoms with Crippen molar-refractivity contribution in [2.24, 2.45) is 4.99 Å². The van der Waals surface area contributed by atoms with Crippen molar-refractivity contribution in [3.63, 3.8) is 0 Å². The second-order valence-electron chi connectivity index (χ2n) is 3.44. The van der Waals surface area contributed by atoms with E-state index in [0.29, 0.717) is 12.4 Å². The van der Waals surface area contributed by atoms with E-state index in [1.165, 1.54) is 12.1 Å². The van der Waals surface area contributed by atoms with E-state index in [1.54, 1.807) is 35.7 Å². The van der Waals surface area contributed by atoms with Gasteiger partial charge in [-0.2, -0.15) is 0 Å². The van der Waals surface area contributed by atoms with E-state index in [2.05, 4.69) is 4.99 Å². The summed E-state index contributed by atoms with van der Waals surface area (Å²) >= 11 is 3.47. The maximum absolute atomic E-state index is 10.5. The van der Waals surface area contributed by atoms with Crippen LogP contribution in [0.1, 0.15) is 0 Å². The average Bonchev–Trinajstić information content (AvgIpc) is 2.88. The third-order valence-corrected chi connectivity index (χ3v) is 4.40. The van der Waals surface area contributed by atoms with Crippen LogP contribution in [0.5, 0.6) is 5.75 Å². The van der Waals surface area contributed by atoms with Crippen LogP contribution < -0.4 is 4.74 Å². The number of hydrogen-bond donors (Lipinski definition) is 0. The molecule has 1 heterocycles. The highest BCUT2D eigenvalue weighted by Gasteiger charge is 2.07. The quantitative estimate of drug-likeness (QED) is 0.472. The molecule has 1 aliphatic rings. The first-order chi connectivity index (χ1) is 8.75. The van der Waals surface area contributed by atoms with Gasteiger partial charge in [-0.3, -0.25) is 15.1 Å². The molecule has 0 fully saturated rings. The highest BCUT2D eigenvalue weighted by Crippen LogP contribution is 2.22. The lowest BCUT2D eigenvalue weighted by atomic mass is 10.3.